The number of Topliss-reactive ketones (excluding diaryl/α,β-unsaturated/α-hetero) is 1. The second-order valence-electron chi connectivity index (χ2n) is 8.07. The molecular weight excluding hydrogens is 446 g/mol. The maximum absolute atomic E-state index is 13.4. The minimum atomic E-state index is -0.765. The summed E-state index contributed by atoms with van der Waals surface area (Å²) in [6.45, 7) is 3.49. The zero-order valence-corrected chi connectivity index (χ0v) is 20.3. The number of carbonyl (C=O) groups is 2. The highest BCUT2D eigenvalue weighted by Gasteiger charge is 2.29. The second-order valence-corrected chi connectivity index (χ2v) is 8.07. The van der Waals surface area contributed by atoms with Gasteiger partial charge in [-0.15, -0.1) is 0 Å². The molecule has 2 heterocycles. The van der Waals surface area contributed by atoms with Crippen LogP contribution in [0.4, 0.5) is 0 Å². The first-order valence-corrected chi connectivity index (χ1v) is 11.0. The van der Waals surface area contributed by atoms with Gasteiger partial charge in [0.05, 0.1) is 36.9 Å². The van der Waals surface area contributed by atoms with Crippen LogP contribution in [0.2, 0.25) is 0 Å². The van der Waals surface area contributed by atoms with Crippen LogP contribution in [0.25, 0.3) is 5.69 Å². The first-order chi connectivity index (χ1) is 16.8. The van der Waals surface area contributed by atoms with Gasteiger partial charge in [0.25, 0.3) is 11.7 Å². The Bertz CT molecular complexity index is 1350. The van der Waals surface area contributed by atoms with Crippen molar-refractivity contribution < 1.29 is 19.1 Å². The summed E-state index contributed by atoms with van der Waals surface area (Å²) >= 11 is 0. The van der Waals surface area contributed by atoms with Gasteiger partial charge < -0.3 is 19.4 Å². The van der Waals surface area contributed by atoms with E-state index in [2.05, 4.69) is 15.4 Å². The molecule has 9 nitrogen and oxygen atoms in total. The van der Waals surface area contributed by atoms with Gasteiger partial charge in [-0.05, 0) is 43.7 Å². The van der Waals surface area contributed by atoms with Crippen LogP contribution in [-0.2, 0) is 11.8 Å². The Balaban J connectivity index is 1.70. The van der Waals surface area contributed by atoms with E-state index in [1.54, 1.807) is 67.9 Å². The van der Waals surface area contributed by atoms with E-state index < -0.39 is 17.7 Å². The quantitative estimate of drug-likeness (QED) is 0.311. The van der Waals surface area contributed by atoms with Gasteiger partial charge in [0.2, 0.25) is 0 Å². The second kappa shape index (κ2) is 9.84. The highest BCUT2D eigenvalue weighted by Crippen LogP contribution is 2.30. The van der Waals surface area contributed by atoms with E-state index >= 15 is 0 Å². The lowest BCUT2D eigenvalue weighted by molar-refractivity contribution is -0.117. The normalized spacial score (nSPS) is 11.7. The van der Waals surface area contributed by atoms with Gasteiger partial charge in [0.15, 0.2) is 0 Å². The van der Waals surface area contributed by atoms with Crippen LogP contribution < -0.4 is 14.8 Å². The Morgan fingerprint density at radius 3 is 2.23 bits per heavy atom. The predicted octanol–water partition coefficient (Wildman–Crippen LogP) is 3.33. The molecule has 9 heteroatoms. The third-order valence-electron chi connectivity index (χ3n) is 5.82. The smallest absolute Gasteiger partial charge is 0.293 e. The Labute approximate surface area is 203 Å². The fourth-order valence-electron chi connectivity index (χ4n) is 4.05. The van der Waals surface area contributed by atoms with Crippen molar-refractivity contribution >= 4 is 11.7 Å². The van der Waals surface area contributed by atoms with Gasteiger partial charge in [-0.3, -0.25) is 9.59 Å². The third kappa shape index (κ3) is 4.65. The molecule has 1 atom stereocenters. The molecule has 1 amide bonds. The summed E-state index contributed by atoms with van der Waals surface area (Å²) in [7, 11) is 4.91. The maximum Gasteiger partial charge on any atom is 0.293 e. The van der Waals surface area contributed by atoms with Crippen molar-refractivity contribution in [3.63, 3.8) is 0 Å². The Hall–Kier alpha value is -4.40. The summed E-state index contributed by atoms with van der Waals surface area (Å²) in [6, 6.07) is 14.0. The number of rotatable bonds is 8. The molecular formula is C26H27N5O4. The molecule has 0 unspecified atom stereocenters. The number of hydrogen-bond acceptors (Lipinski definition) is 6. The molecule has 4 rings (SSSR count). The first-order valence-electron chi connectivity index (χ1n) is 11.0. The zero-order chi connectivity index (χ0) is 25.1. The largest absolute Gasteiger partial charge is 0.497 e. The molecule has 0 bridgehead atoms. The number of imidazole rings is 1. The summed E-state index contributed by atoms with van der Waals surface area (Å²) < 4.78 is 14.2. The molecule has 0 fully saturated rings. The molecule has 0 aliphatic heterocycles. The fraction of sp³-hybridized carbons (Fsp3) is 0.231. The van der Waals surface area contributed by atoms with Gasteiger partial charge in [-0.1, -0.05) is 18.2 Å². The van der Waals surface area contributed by atoms with Crippen molar-refractivity contribution in [2.75, 3.05) is 14.2 Å². The van der Waals surface area contributed by atoms with Crippen molar-refractivity contribution in [1.82, 2.24) is 24.6 Å². The number of amides is 1. The molecule has 0 aliphatic rings. The van der Waals surface area contributed by atoms with Crippen molar-refractivity contribution in [1.29, 1.82) is 0 Å². The Morgan fingerprint density at radius 1 is 1.00 bits per heavy atom. The van der Waals surface area contributed by atoms with Gasteiger partial charge in [0, 0.05) is 25.5 Å². The lowest BCUT2D eigenvalue weighted by atomic mass is 10.0. The van der Waals surface area contributed by atoms with E-state index in [1.807, 2.05) is 37.4 Å². The molecule has 1 N–H and O–H groups in total. The molecule has 2 aromatic carbocycles. The number of ketones is 1. The van der Waals surface area contributed by atoms with Crippen LogP contribution in [-0.4, -0.2) is 45.2 Å². The number of para-hydroxylation sites is 1. The molecule has 180 valence electrons. The lowest BCUT2D eigenvalue weighted by Crippen LogP contribution is -2.36. The first kappa shape index (κ1) is 23.7. The monoisotopic (exact) mass is 473 g/mol. The van der Waals surface area contributed by atoms with Crippen LogP contribution in [0.15, 0.2) is 60.9 Å². The van der Waals surface area contributed by atoms with Crippen molar-refractivity contribution in [2.45, 2.75) is 19.9 Å². The molecule has 0 aliphatic carbocycles. The number of aryl methyl sites for hydroxylation is 2. The number of carbonyl (C=O) groups excluding carboxylic acids is 2. The van der Waals surface area contributed by atoms with Crippen LogP contribution >= 0.6 is 0 Å². The fourth-order valence-corrected chi connectivity index (χ4v) is 4.05. The van der Waals surface area contributed by atoms with Crippen LogP contribution in [0.1, 0.15) is 39.2 Å². The lowest BCUT2D eigenvalue weighted by Gasteiger charge is -2.20. The molecule has 2 aromatic heterocycles. The van der Waals surface area contributed by atoms with Gasteiger partial charge in [-0.2, -0.15) is 5.10 Å². The summed E-state index contributed by atoms with van der Waals surface area (Å²) in [5, 5.41) is 7.36. The average Bonchev–Trinajstić information content (AvgIpc) is 3.43. The van der Waals surface area contributed by atoms with Crippen LogP contribution in [0.3, 0.4) is 0 Å². The Kier molecular flexibility index (Phi) is 6.68. The number of benzene rings is 2. The highest BCUT2D eigenvalue weighted by atomic mass is 16.5. The summed E-state index contributed by atoms with van der Waals surface area (Å²) in [6.07, 6.45) is 3.40. The molecule has 35 heavy (non-hydrogen) atoms. The molecule has 0 saturated carbocycles. The summed E-state index contributed by atoms with van der Waals surface area (Å²) in [5.41, 5.74) is 2.80. The van der Waals surface area contributed by atoms with Crippen molar-refractivity contribution in [3.05, 3.63) is 89.3 Å². The minimum Gasteiger partial charge on any atom is -0.497 e. The Morgan fingerprint density at radius 2 is 1.66 bits per heavy atom. The van der Waals surface area contributed by atoms with Crippen LogP contribution in [0, 0.1) is 13.8 Å². The summed E-state index contributed by atoms with van der Waals surface area (Å²) in [5.74, 6) is 0.217. The number of hydrogen-bond donors (Lipinski definition) is 1. The van der Waals surface area contributed by atoms with Gasteiger partial charge >= 0.3 is 0 Å². The van der Waals surface area contributed by atoms with E-state index in [-0.39, 0.29) is 5.56 Å². The number of methoxy groups -OCH3 is 2. The molecule has 0 spiro atoms. The minimum absolute atomic E-state index is 0.271. The SMILES string of the molecule is COc1cc(OC)cc([C@H](NC(=O)C(=O)c2c(C)nn(-c3ccccc3)c2C)c2nccn2C)c1. The predicted molar refractivity (Wildman–Crippen MR) is 130 cm³/mol. The van der Waals surface area contributed by atoms with E-state index in [0.29, 0.717) is 34.3 Å². The van der Waals surface area contributed by atoms with E-state index in [0.717, 1.165) is 5.69 Å². The van der Waals surface area contributed by atoms with E-state index in [4.69, 9.17) is 9.47 Å². The van der Waals surface area contributed by atoms with Crippen LogP contribution in [0.5, 0.6) is 11.5 Å². The van der Waals surface area contributed by atoms with E-state index in [9.17, 15) is 9.59 Å². The third-order valence-corrected chi connectivity index (χ3v) is 5.82. The number of nitrogens with zero attached hydrogens (tertiary/aromatic N) is 4. The van der Waals surface area contributed by atoms with E-state index in [1.165, 1.54) is 0 Å². The van der Waals surface area contributed by atoms with Crippen molar-refractivity contribution in [2.24, 2.45) is 7.05 Å². The molecule has 0 radical (unpaired) electrons. The standard InChI is InChI=1S/C26H27N5O4/c1-16-22(17(2)31(29-16)19-9-7-6-8-10-19)24(32)26(33)28-23(25-27-11-12-30(25)3)18-13-20(34-4)15-21(14-18)35-5/h6-15,23H,1-5H3,(H,28,33)/t23-/m0/s1. The number of aromatic nitrogens is 4. The molecule has 4 aromatic rings. The van der Waals surface area contributed by atoms with Crippen molar-refractivity contribution in [3.8, 4) is 17.2 Å². The zero-order valence-electron chi connectivity index (χ0n) is 20.3. The highest BCUT2D eigenvalue weighted by molar-refractivity contribution is 6.43. The average molecular weight is 474 g/mol. The topological polar surface area (TPSA) is 100 Å². The van der Waals surface area contributed by atoms with Gasteiger partial charge in [0.1, 0.15) is 23.4 Å². The maximum atomic E-state index is 13.4. The summed E-state index contributed by atoms with van der Waals surface area (Å²) in [4.78, 5) is 31.1. The molecule has 0 saturated heterocycles. The number of nitrogens with one attached hydrogen (secondary N) is 1. The van der Waals surface area contributed by atoms with Gasteiger partial charge in [-0.25, -0.2) is 9.67 Å². The number of ether oxygens (including phenoxy) is 2.